The first-order valence-electron chi connectivity index (χ1n) is 21.2. The topological polar surface area (TPSA) is 172 Å². The number of phosphoric ester groups is 1. The number of unbranched alkanes of at least 4 members (excludes halogenated alkanes) is 17. The molecule has 0 aromatic carbocycles. The van der Waals surface area contributed by atoms with Gasteiger partial charge in [-0.25, -0.2) is 4.57 Å². The molecule has 0 radical (unpaired) electrons. The second kappa shape index (κ2) is 38.3. The van der Waals surface area contributed by atoms with Crippen LogP contribution in [-0.4, -0.2) is 59.9 Å². The fourth-order valence-electron chi connectivity index (χ4n) is 5.48. The Bertz CT molecular complexity index is 1120. The van der Waals surface area contributed by atoms with E-state index in [4.69, 9.17) is 24.8 Å². The highest BCUT2D eigenvalue weighted by Gasteiger charge is 2.28. The van der Waals surface area contributed by atoms with Gasteiger partial charge in [-0.3, -0.25) is 23.4 Å². The lowest BCUT2D eigenvalue weighted by atomic mass is 10.0. The van der Waals surface area contributed by atoms with Crippen molar-refractivity contribution in [1.82, 2.24) is 0 Å². The van der Waals surface area contributed by atoms with Gasteiger partial charge in [0.2, 0.25) is 0 Å². The van der Waals surface area contributed by atoms with E-state index in [0.717, 1.165) is 44.9 Å². The number of carbonyl (C=O) groups excluding carboxylic acids is 2. The number of allylic oxidation sites excluding steroid dienone is 8. The molecule has 0 aliphatic rings. The lowest BCUT2D eigenvalue weighted by molar-refractivity contribution is -0.161. The van der Waals surface area contributed by atoms with Crippen molar-refractivity contribution in [2.75, 3.05) is 19.8 Å². The molecule has 0 spiro atoms. The number of nitrogens with two attached hydrogens (primary N) is 1. The van der Waals surface area contributed by atoms with Crippen LogP contribution in [0.15, 0.2) is 48.6 Å². The molecule has 0 aliphatic heterocycles. The van der Waals surface area contributed by atoms with Gasteiger partial charge in [0.05, 0.1) is 13.2 Å². The largest absolute Gasteiger partial charge is 0.480 e. The van der Waals surface area contributed by atoms with Crippen LogP contribution in [0.2, 0.25) is 0 Å². The number of phosphoric acid groups is 1. The van der Waals surface area contributed by atoms with Crippen LogP contribution >= 0.6 is 7.82 Å². The summed E-state index contributed by atoms with van der Waals surface area (Å²) in [4.78, 5) is 45.8. The number of carboxylic acids is 1. The highest BCUT2D eigenvalue weighted by Crippen LogP contribution is 2.43. The van der Waals surface area contributed by atoms with Crippen molar-refractivity contribution in [3.8, 4) is 0 Å². The summed E-state index contributed by atoms with van der Waals surface area (Å²) in [5.74, 6) is -2.48. The number of hydrogen-bond acceptors (Lipinski definition) is 9. The monoisotopic (exact) mass is 798 g/mol. The smallest absolute Gasteiger partial charge is 0.472 e. The lowest BCUT2D eigenvalue weighted by Gasteiger charge is -2.20. The number of aliphatic carboxylic acids is 1. The molecule has 12 heteroatoms. The molecule has 55 heavy (non-hydrogen) atoms. The van der Waals surface area contributed by atoms with Crippen molar-refractivity contribution in [3.63, 3.8) is 0 Å². The molecule has 0 rings (SSSR count). The van der Waals surface area contributed by atoms with Crippen LogP contribution in [0.3, 0.4) is 0 Å². The Labute approximate surface area is 333 Å². The van der Waals surface area contributed by atoms with Crippen LogP contribution in [-0.2, 0) is 37.5 Å². The van der Waals surface area contributed by atoms with Crippen LogP contribution in [0.5, 0.6) is 0 Å². The van der Waals surface area contributed by atoms with E-state index in [1.807, 2.05) is 12.2 Å². The van der Waals surface area contributed by atoms with Crippen LogP contribution in [0, 0.1) is 0 Å². The molecule has 4 N–H and O–H groups in total. The third kappa shape index (κ3) is 38.1. The number of carbonyl (C=O) groups is 3. The number of hydrogen-bond donors (Lipinski definition) is 3. The van der Waals surface area contributed by atoms with Crippen LogP contribution in [0.4, 0.5) is 0 Å². The van der Waals surface area contributed by atoms with E-state index in [1.165, 1.54) is 89.9 Å². The van der Waals surface area contributed by atoms with Crippen molar-refractivity contribution < 1.29 is 47.5 Å². The molecule has 0 saturated heterocycles. The fraction of sp³-hybridized carbons (Fsp3) is 0.744. The minimum Gasteiger partial charge on any atom is -0.480 e. The summed E-state index contributed by atoms with van der Waals surface area (Å²) in [5.41, 5.74) is 5.32. The number of carboxylic acid groups (broad SMARTS) is 1. The molecule has 3 atom stereocenters. The molecule has 318 valence electrons. The van der Waals surface area contributed by atoms with Gasteiger partial charge in [0.25, 0.3) is 0 Å². The number of ether oxygens (including phenoxy) is 2. The highest BCUT2D eigenvalue weighted by molar-refractivity contribution is 7.47. The van der Waals surface area contributed by atoms with E-state index < -0.39 is 51.1 Å². The van der Waals surface area contributed by atoms with Crippen molar-refractivity contribution in [1.29, 1.82) is 0 Å². The third-order valence-electron chi connectivity index (χ3n) is 8.84. The molecule has 0 bridgehead atoms. The summed E-state index contributed by atoms with van der Waals surface area (Å²) in [7, 11) is -4.73. The number of rotatable bonds is 39. The first-order valence-corrected chi connectivity index (χ1v) is 22.7. The molecular formula is C43H76NO10P. The summed E-state index contributed by atoms with van der Waals surface area (Å²) in [6, 6.07) is -1.53. The predicted molar refractivity (Wildman–Crippen MR) is 222 cm³/mol. The summed E-state index contributed by atoms with van der Waals surface area (Å²) >= 11 is 0. The second-order valence-electron chi connectivity index (χ2n) is 14.1. The van der Waals surface area contributed by atoms with Crippen molar-refractivity contribution in [2.24, 2.45) is 5.73 Å². The molecule has 0 amide bonds. The van der Waals surface area contributed by atoms with Crippen LogP contribution in [0.25, 0.3) is 0 Å². The second-order valence-corrected chi connectivity index (χ2v) is 15.6. The van der Waals surface area contributed by atoms with Gasteiger partial charge in [-0.15, -0.1) is 0 Å². The Morgan fingerprint density at radius 3 is 1.51 bits per heavy atom. The molecule has 0 saturated carbocycles. The van der Waals surface area contributed by atoms with Gasteiger partial charge < -0.3 is 25.2 Å². The van der Waals surface area contributed by atoms with Gasteiger partial charge in [-0.2, -0.15) is 0 Å². The molecule has 0 fully saturated rings. The standard InChI is InChI=1S/C43H76NO10P/c1-3-5-7-9-11-13-15-17-19-20-21-23-25-27-29-31-33-35-42(46)54-39(37-52-55(49,50)53-38-40(44)43(47)48)36-51-41(45)34-32-30-28-26-24-22-18-16-14-12-10-8-6-4-2/h13,15,19-20,23,25,29,31,39-40H,3-12,14,16-18,21-22,24,26-28,30,32-38,44H2,1-2H3,(H,47,48)(H,49,50). The van der Waals surface area contributed by atoms with Gasteiger partial charge in [0.1, 0.15) is 12.6 Å². The number of esters is 2. The van der Waals surface area contributed by atoms with Gasteiger partial charge in [0, 0.05) is 12.8 Å². The average Bonchev–Trinajstić information content (AvgIpc) is 3.16. The molecule has 0 aliphatic carbocycles. The van der Waals surface area contributed by atoms with E-state index >= 15 is 0 Å². The van der Waals surface area contributed by atoms with E-state index in [9.17, 15) is 23.8 Å². The van der Waals surface area contributed by atoms with Crippen LogP contribution < -0.4 is 5.73 Å². The van der Waals surface area contributed by atoms with E-state index in [1.54, 1.807) is 0 Å². The average molecular weight is 798 g/mol. The van der Waals surface area contributed by atoms with Crippen molar-refractivity contribution in [2.45, 2.75) is 187 Å². The first-order chi connectivity index (χ1) is 26.6. The quantitative estimate of drug-likeness (QED) is 0.0234. The summed E-state index contributed by atoms with van der Waals surface area (Å²) in [5, 5.41) is 8.88. The minimum absolute atomic E-state index is 0.0410. The normalized spacial score (nSPS) is 14.3. The molecule has 0 aromatic heterocycles. The summed E-state index contributed by atoms with van der Waals surface area (Å²) < 4.78 is 32.6. The zero-order valence-electron chi connectivity index (χ0n) is 34.3. The Hall–Kier alpha value is -2.56. The van der Waals surface area contributed by atoms with E-state index in [2.05, 4.69) is 54.8 Å². The zero-order valence-corrected chi connectivity index (χ0v) is 35.2. The third-order valence-corrected chi connectivity index (χ3v) is 9.79. The SMILES string of the molecule is CCCCCCC=CCC=CCC=CCC=CCCC(=O)OC(COC(=O)CCCCCCCCCCCCCCCC)COP(=O)(O)OCC(N)C(=O)O. The van der Waals surface area contributed by atoms with Crippen molar-refractivity contribution >= 4 is 25.7 Å². The van der Waals surface area contributed by atoms with Crippen molar-refractivity contribution in [3.05, 3.63) is 48.6 Å². The minimum atomic E-state index is -4.73. The lowest BCUT2D eigenvalue weighted by Crippen LogP contribution is -2.34. The Morgan fingerprint density at radius 2 is 1.00 bits per heavy atom. The molecule has 0 heterocycles. The molecule has 11 nitrogen and oxygen atoms in total. The maximum absolute atomic E-state index is 12.6. The van der Waals surface area contributed by atoms with Crippen LogP contribution in [0.1, 0.15) is 174 Å². The Kier molecular flexibility index (Phi) is 36.5. The molecule has 3 unspecified atom stereocenters. The maximum Gasteiger partial charge on any atom is 0.472 e. The van der Waals surface area contributed by atoms with E-state index in [-0.39, 0.29) is 19.4 Å². The zero-order chi connectivity index (χ0) is 40.7. The fourth-order valence-corrected chi connectivity index (χ4v) is 6.26. The van der Waals surface area contributed by atoms with Gasteiger partial charge >= 0.3 is 25.7 Å². The van der Waals surface area contributed by atoms with Gasteiger partial charge in [-0.05, 0) is 44.9 Å². The molecule has 0 aromatic rings. The van der Waals surface area contributed by atoms with Gasteiger partial charge in [-0.1, -0.05) is 165 Å². The predicted octanol–water partition coefficient (Wildman–Crippen LogP) is 11.0. The molecular weight excluding hydrogens is 721 g/mol. The first kappa shape index (κ1) is 52.4. The van der Waals surface area contributed by atoms with E-state index in [0.29, 0.717) is 12.8 Å². The van der Waals surface area contributed by atoms with Gasteiger partial charge in [0.15, 0.2) is 6.10 Å². The maximum atomic E-state index is 12.6. The highest BCUT2D eigenvalue weighted by atomic mass is 31.2. The Morgan fingerprint density at radius 1 is 0.564 bits per heavy atom. The summed E-state index contributed by atoms with van der Waals surface area (Å²) in [6.07, 6.45) is 41.9. The summed E-state index contributed by atoms with van der Waals surface area (Å²) in [6.45, 7) is 2.71. The Balaban J connectivity index is 4.50.